The van der Waals surface area contributed by atoms with E-state index in [4.69, 9.17) is 10.6 Å². The smallest absolute Gasteiger partial charge is 0.119 e. The largest absolute Gasteiger partial charge is 0.491 e. The molecular formula is C17H22N2O. The molecule has 3 nitrogen and oxygen atoms in total. The van der Waals surface area contributed by atoms with Gasteiger partial charge in [-0.1, -0.05) is 36.4 Å². The molecule has 1 atom stereocenters. The van der Waals surface area contributed by atoms with Crippen molar-refractivity contribution >= 4 is 0 Å². The summed E-state index contributed by atoms with van der Waals surface area (Å²) < 4.78 is 5.66. The van der Waals surface area contributed by atoms with Crippen LogP contribution in [0.25, 0.3) is 0 Å². The van der Waals surface area contributed by atoms with Crippen LogP contribution in [0.5, 0.6) is 5.75 Å². The highest BCUT2D eigenvalue weighted by atomic mass is 16.5. The zero-order valence-electron chi connectivity index (χ0n) is 12.3. The van der Waals surface area contributed by atoms with Crippen LogP contribution in [0.3, 0.4) is 0 Å². The van der Waals surface area contributed by atoms with Gasteiger partial charge in [0.25, 0.3) is 0 Å². The molecule has 0 saturated carbocycles. The van der Waals surface area contributed by atoms with Crippen molar-refractivity contribution in [1.29, 1.82) is 0 Å². The Morgan fingerprint density at radius 3 is 2.20 bits per heavy atom. The second-order valence-electron chi connectivity index (χ2n) is 5.19. The summed E-state index contributed by atoms with van der Waals surface area (Å²) in [5, 5.41) is 0. The van der Waals surface area contributed by atoms with E-state index < -0.39 is 0 Å². The Kier molecular flexibility index (Phi) is 4.77. The quantitative estimate of drug-likeness (QED) is 0.647. The summed E-state index contributed by atoms with van der Waals surface area (Å²) in [5.41, 5.74) is 6.43. The molecule has 1 unspecified atom stereocenters. The molecule has 2 aromatic rings. The molecule has 106 valence electrons. The number of aryl methyl sites for hydroxylation is 1. The SMILES string of the molecule is Cc1ccccc1C(NN)c1ccc(OC(C)C)cc1. The van der Waals surface area contributed by atoms with Crippen LogP contribution in [0.2, 0.25) is 0 Å². The Hall–Kier alpha value is -1.84. The summed E-state index contributed by atoms with van der Waals surface area (Å²) in [6.45, 7) is 6.13. The molecule has 0 aliphatic carbocycles. The van der Waals surface area contributed by atoms with Gasteiger partial charge in [0.2, 0.25) is 0 Å². The number of ether oxygens (including phenoxy) is 1. The summed E-state index contributed by atoms with van der Waals surface area (Å²) >= 11 is 0. The van der Waals surface area contributed by atoms with E-state index in [-0.39, 0.29) is 12.1 Å². The molecule has 2 rings (SSSR count). The Bertz CT molecular complexity index is 549. The molecule has 0 amide bonds. The monoisotopic (exact) mass is 270 g/mol. The lowest BCUT2D eigenvalue weighted by Gasteiger charge is -2.19. The fraction of sp³-hybridized carbons (Fsp3) is 0.294. The number of hydrazine groups is 1. The fourth-order valence-corrected chi connectivity index (χ4v) is 2.29. The molecule has 2 aromatic carbocycles. The van der Waals surface area contributed by atoms with Crippen LogP contribution in [0.4, 0.5) is 0 Å². The van der Waals surface area contributed by atoms with Gasteiger partial charge in [-0.15, -0.1) is 0 Å². The third-order valence-corrected chi connectivity index (χ3v) is 3.25. The Morgan fingerprint density at radius 1 is 1.00 bits per heavy atom. The highest BCUT2D eigenvalue weighted by molar-refractivity contribution is 5.38. The number of rotatable bonds is 5. The highest BCUT2D eigenvalue weighted by Crippen LogP contribution is 2.25. The van der Waals surface area contributed by atoms with Crippen LogP contribution >= 0.6 is 0 Å². The van der Waals surface area contributed by atoms with E-state index in [1.54, 1.807) is 0 Å². The predicted octanol–water partition coefficient (Wildman–Crippen LogP) is 3.33. The summed E-state index contributed by atoms with van der Waals surface area (Å²) in [6.07, 6.45) is 0.181. The van der Waals surface area contributed by atoms with E-state index in [2.05, 4.69) is 36.6 Å². The molecule has 0 spiro atoms. The van der Waals surface area contributed by atoms with Crippen LogP contribution in [0, 0.1) is 6.92 Å². The van der Waals surface area contributed by atoms with Crippen molar-refractivity contribution in [2.24, 2.45) is 5.84 Å². The standard InChI is InChI=1S/C17H22N2O/c1-12(2)20-15-10-8-14(9-11-15)17(19-18)16-7-5-4-6-13(16)3/h4-12,17,19H,18H2,1-3H3. The third-order valence-electron chi connectivity index (χ3n) is 3.25. The minimum absolute atomic E-state index is 0.00991. The second kappa shape index (κ2) is 6.55. The maximum Gasteiger partial charge on any atom is 0.119 e. The van der Waals surface area contributed by atoms with E-state index in [1.165, 1.54) is 11.1 Å². The topological polar surface area (TPSA) is 47.3 Å². The first-order valence-corrected chi connectivity index (χ1v) is 6.90. The molecule has 20 heavy (non-hydrogen) atoms. The van der Waals surface area contributed by atoms with Crippen LogP contribution in [0.15, 0.2) is 48.5 Å². The molecule has 0 bridgehead atoms. The molecule has 0 radical (unpaired) electrons. The zero-order valence-corrected chi connectivity index (χ0v) is 12.3. The summed E-state index contributed by atoms with van der Waals surface area (Å²) in [5.74, 6) is 6.62. The van der Waals surface area contributed by atoms with E-state index in [0.717, 1.165) is 11.3 Å². The van der Waals surface area contributed by atoms with Crippen molar-refractivity contribution in [3.05, 3.63) is 65.2 Å². The zero-order chi connectivity index (χ0) is 14.5. The van der Waals surface area contributed by atoms with Gasteiger partial charge < -0.3 is 4.74 Å². The molecule has 0 aliphatic rings. The van der Waals surface area contributed by atoms with Crippen molar-refractivity contribution in [2.75, 3.05) is 0 Å². The molecular weight excluding hydrogens is 248 g/mol. The second-order valence-corrected chi connectivity index (χ2v) is 5.19. The number of hydrogen-bond acceptors (Lipinski definition) is 3. The normalized spacial score (nSPS) is 12.4. The molecule has 3 heteroatoms. The van der Waals surface area contributed by atoms with Crippen LogP contribution in [-0.2, 0) is 0 Å². The van der Waals surface area contributed by atoms with Gasteiger partial charge in [0, 0.05) is 0 Å². The van der Waals surface area contributed by atoms with Crippen molar-refractivity contribution in [3.63, 3.8) is 0 Å². The van der Waals surface area contributed by atoms with Crippen LogP contribution in [-0.4, -0.2) is 6.10 Å². The molecule has 0 aliphatic heterocycles. The molecule has 0 aromatic heterocycles. The maximum absolute atomic E-state index is 5.74. The van der Waals surface area contributed by atoms with E-state index in [1.807, 2.05) is 38.1 Å². The van der Waals surface area contributed by atoms with Gasteiger partial charge in [0.1, 0.15) is 5.75 Å². The Morgan fingerprint density at radius 2 is 1.65 bits per heavy atom. The first-order valence-electron chi connectivity index (χ1n) is 6.90. The molecule has 3 N–H and O–H groups in total. The van der Waals surface area contributed by atoms with Crippen molar-refractivity contribution < 1.29 is 4.74 Å². The average molecular weight is 270 g/mol. The third kappa shape index (κ3) is 3.38. The Labute approximate surface area is 120 Å². The van der Waals surface area contributed by atoms with Gasteiger partial charge in [-0.3, -0.25) is 5.84 Å². The van der Waals surface area contributed by atoms with Crippen molar-refractivity contribution in [2.45, 2.75) is 32.9 Å². The highest BCUT2D eigenvalue weighted by Gasteiger charge is 2.14. The minimum atomic E-state index is -0.00991. The van der Waals surface area contributed by atoms with Gasteiger partial charge >= 0.3 is 0 Å². The Balaban J connectivity index is 2.26. The lowest BCUT2D eigenvalue weighted by atomic mass is 9.95. The van der Waals surface area contributed by atoms with Gasteiger partial charge in [-0.25, -0.2) is 5.43 Å². The molecule has 0 saturated heterocycles. The van der Waals surface area contributed by atoms with Gasteiger partial charge in [-0.05, 0) is 49.6 Å². The summed E-state index contributed by atoms with van der Waals surface area (Å²) in [4.78, 5) is 0. The lowest BCUT2D eigenvalue weighted by molar-refractivity contribution is 0.242. The van der Waals surface area contributed by atoms with Gasteiger partial charge in [0.05, 0.1) is 12.1 Å². The van der Waals surface area contributed by atoms with E-state index >= 15 is 0 Å². The number of nitrogens with two attached hydrogens (primary N) is 1. The van der Waals surface area contributed by atoms with Gasteiger partial charge in [0.15, 0.2) is 0 Å². The minimum Gasteiger partial charge on any atom is -0.491 e. The fourth-order valence-electron chi connectivity index (χ4n) is 2.29. The van der Waals surface area contributed by atoms with Gasteiger partial charge in [-0.2, -0.15) is 0 Å². The maximum atomic E-state index is 5.74. The van der Waals surface area contributed by atoms with Crippen molar-refractivity contribution in [1.82, 2.24) is 5.43 Å². The van der Waals surface area contributed by atoms with E-state index in [9.17, 15) is 0 Å². The number of benzene rings is 2. The van der Waals surface area contributed by atoms with Crippen LogP contribution in [0.1, 0.15) is 36.6 Å². The average Bonchev–Trinajstić information content (AvgIpc) is 2.43. The van der Waals surface area contributed by atoms with Crippen molar-refractivity contribution in [3.8, 4) is 5.75 Å². The number of hydrogen-bond donors (Lipinski definition) is 2. The summed E-state index contributed by atoms with van der Waals surface area (Å²) in [6, 6.07) is 16.3. The lowest BCUT2D eigenvalue weighted by Crippen LogP contribution is -2.29. The van der Waals surface area contributed by atoms with E-state index in [0.29, 0.717) is 0 Å². The first kappa shape index (κ1) is 14.6. The molecule has 0 heterocycles. The first-order chi connectivity index (χ1) is 9.61. The molecule has 0 fully saturated rings. The summed E-state index contributed by atoms with van der Waals surface area (Å²) in [7, 11) is 0. The number of nitrogens with one attached hydrogen (secondary N) is 1. The van der Waals surface area contributed by atoms with Crippen LogP contribution < -0.4 is 16.0 Å². The predicted molar refractivity (Wildman–Crippen MR) is 82.6 cm³/mol.